The highest BCUT2D eigenvalue weighted by Crippen LogP contribution is 2.21. The average Bonchev–Trinajstić information content (AvgIpc) is 2.57. The van der Waals surface area contributed by atoms with Crippen LogP contribution in [-0.2, 0) is 22.6 Å². The molecule has 2 rings (SSSR count). The van der Waals surface area contributed by atoms with E-state index in [-0.39, 0.29) is 30.7 Å². The lowest BCUT2D eigenvalue weighted by molar-refractivity contribution is -0.133. The minimum Gasteiger partial charge on any atom is -0.329 e. The fourth-order valence-electron chi connectivity index (χ4n) is 2.67. The van der Waals surface area contributed by atoms with E-state index >= 15 is 0 Å². The van der Waals surface area contributed by atoms with Gasteiger partial charge in [0, 0.05) is 24.7 Å². The maximum Gasteiger partial charge on any atom is 0.244 e. The van der Waals surface area contributed by atoms with Crippen molar-refractivity contribution in [3.05, 3.63) is 65.0 Å². The van der Waals surface area contributed by atoms with Crippen molar-refractivity contribution in [1.82, 2.24) is 4.90 Å². The first-order chi connectivity index (χ1) is 11.9. The maximum atomic E-state index is 13.8. The number of hydrogen-bond acceptors (Lipinski definition) is 2. The van der Waals surface area contributed by atoms with Gasteiger partial charge in [-0.15, -0.1) is 0 Å². The van der Waals surface area contributed by atoms with Crippen LogP contribution in [0.1, 0.15) is 30.5 Å². The number of nitrogens with zero attached hydrogens (tertiary/aromatic N) is 1. The third-order valence-electron chi connectivity index (χ3n) is 4.10. The van der Waals surface area contributed by atoms with Crippen molar-refractivity contribution in [2.24, 2.45) is 0 Å². The smallest absolute Gasteiger partial charge is 0.244 e. The molecule has 0 saturated carbocycles. The van der Waals surface area contributed by atoms with Crippen LogP contribution in [0.3, 0.4) is 0 Å². The molecular formula is C20H23FN2O2. The molecule has 5 heteroatoms. The molecule has 0 unspecified atom stereocenters. The van der Waals surface area contributed by atoms with E-state index in [4.69, 9.17) is 0 Å². The Bertz CT molecular complexity index is 774. The average molecular weight is 342 g/mol. The van der Waals surface area contributed by atoms with Gasteiger partial charge in [-0.1, -0.05) is 43.3 Å². The fraction of sp³-hybridized carbons (Fsp3) is 0.300. The molecule has 0 aromatic heterocycles. The first kappa shape index (κ1) is 18.6. The molecule has 132 valence electrons. The Hall–Kier alpha value is -2.69. The van der Waals surface area contributed by atoms with Crippen LogP contribution >= 0.6 is 0 Å². The zero-order valence-electron chi connectivity index (χ0n) is 14.8. The summed E-state index contributed by atoms with van der Waals surface area (Å²) in [5.41, 5.74) is 3.17. The van der Waals surface area contributed by atoms with E-state index < -0.39 is 0 Å². The van der Waals surface area contributed by atoms with Crippen LogP contribution in [0.4, 0.5) is 10.1 Å². The van der Waals surface area contributed by atoms with Crippen LogP contribution in [0.25, 0.3) is 0 Å². The molecule has 0 heterocycles. The number of carbonyl (C=O) groups excluding carboxylic acids is 2. The lowest BCUT2D eigenvalue weighted by atomic mass is 10.1. The van der Waals surface area contributed by atoms with Crippen molar-refractivity contribution in [2.45, 2.75) is 33.7 Å². The van der Waals surface area contributed by atoms with E-state index in [1.807, 2.05) is 32.0 Å². The number of rotatable bonds is 6. The fourth-order valence-corrected chi connectivity index (χ4v) is 2.67. The number of aryl methyl sites for hydroxylation is 2. The highest BCUT2D eigenvalue weighted by Gasteiger charge is 2.17. The predicted octanol–water partition coefficient (Wildman–Crippen LogP) is 3.68. The number of carbonyl (C=O) groups is 2. The number of hydrogen-bond donors (Lipinski definition) is 1. The summed E-state index contributed by atoms with van der Waals surface area (Å²) in [7, 11) is 0. The number of anilines is 1. The van der Waals surface area contributed by atoms with Gasteiger partial charge < -0.3 is 10.2 Å². The van der Waals surface area contributed by atoms with E-state index in [0.29, 0.717) is 5.56 Å². The van der Waals surface area contributed by atoms with Crippen LogP contribution < -0.4 is 5.32 Å². The summed E-state index contributed by atoms with van der Waals surface area (Å²) in [6, 6.07) is 12.1. The van der Waals surface area contributed by atoms with Gasteiger partial charge in [0.05, 0.1) is 0 Å². The Morgan fingerprint density at radius 1 is 1.08 bits per heavy atom. The molecule has 0 aliphatic carbocycles. The van der Waals surface area contributed by atoms with Crippen molar-refractivity contribution < 1.29 is 14.0 Å². The second-order valence-electron chi connectivity index (χ2n) is 5.98. The summed E-state index contributed by atoms with van der Waals surface area (Å²) in [4.78, 5) is 25.6. The molecular weight excluding hydrogens is 319 g/mol. The number of nitrogens with one attached hydrogen (secondary N) is 1. The first-order valence-corrected chi connectivity index (χ1v) is 8.29. The summed E-state index contributed by atoms with van der Waals surface area (Å²) < 4.78 is 13.8. The quantitative estimate of drug-likeness (QED) is 0.870. The molecule has 0 bridgehead atoms. The van der Waals surface area contributed by atoms with Gasteiger partial charge in [-0.2, -0.15) is 0 Å². The van der Waals surface area contributed by atoms with Crippen molar-refractivity contribution >= 4 is 17.5 Å². The standard InChI is InChI=1S/C20H23FN2O2/c1-4-16-10-7-8-14(2)20(16)22-19(25)13-23(15(3)24)12-17-9-5-6-11-18(17)21/h5-11H,4,12-13H2,1-3H3,(H,22,25). The summed E-state index contributed by atoms with van der Waals surface area (Å²) in [6.07, 6.45) is 0.795. The van der Waals surface area contributed by atoms with Gasteiger partial charge in [0.15, 0.2) is 0 Å². The molecule has 4 nitrogen and oxygen atoms in total. The van der Waals surface area contributed by atoms with Crippen molar-refractivity contribution in [3.63, 3.8) is 0 Å². The zero-order valence-corrected chi connectivity index (χ0v) is 14.8. The topological polar surface area (TPSA) is 49.4 Å². The molecule has 0 aliphatic rings. The minimum absolute atomic E-state index is 0.0594. The maximum absolute atomic E-state index is 13.8. The third kappa shape index (κ3) is 4.89. The number of amides is 2. The van der Waals surface area contributed by atoms with E-state index in [0.717, 1.165) is 23.2 Å². The molecule has 1 N–H and O–H groups in total. The molecule has 0 fully saturated rings. The van der Waals surface area contributed by atoms with Gasteiger partial charge in [-0.05, 0) is 30.5 Å². The van der Waals surface area contributed by atoms with Gasteiger partial charge in [-0.3, -0.25) is 9.59 Å². The lowest BCUT2D eigenvalue weighted by Crippen LogP contribution is -2.36. The molecule has 25 heavy (non-hydrogen) atoms. The summed E-state index contributed by atoms with van der Waals surface area (Å²) in [6.45, 7) is 5.26. The second kappa shape index (κ2) is 8.42. The Balaban J connectivity index is 2.11. The van der Waals surface area contributed by atoms with Crippen LogP contribution in [-0.4, -0.2) is 23.3 Å². The van der Waals surface area contributed by atoms with Gasteiger partial charge >= 0.3 is 0 Å². The van der Waals surface area contributed by atoms with Crippen LogP contribution in [0.2, 0.25) is 0 Å². The lowest BCUT2D eigenvalue weighted by Gasteiger charge is -2.22. The van der Waals surface area contributed by atoms with E-state index in [1.54, 1.807) is 18.2 Å². The Morgan fingerprint density at radius 2 is 1.76 bits per heavy atom. The summed E-state index contributed by atoms with van der Waals surface area (Å²) >= 11 is 0. The number of para-hydroxylation sites is 1. The number of benzene rings is 2. The molecule has 2 aromatic carbocycles. The second-order valence-corrected chi connectivity index (χ2v) is 5.98. The van der Waals surface area contributed by atoms with Gasteiger partial charge in [-0.25, -0.2) is 4.39 Å². The summed E-state index contributed by atoms with van der Waals surface area (Å²) in [5.74, 6) is -0.962. The molecule has 0 spiro atoms. The first-order valence-electron chi connectivity index (χ1n) is 8.29. The third-order valence-corrected chi connectivity index (χ3v) is 4.10. The summed E-state index contributed by atoms with van der Waals surface area (Å²) in [5, 5.41) is 2.89. The molecule has 0 radical (unpaired) electrons. The van der Waals surface area contributed by atoms with Gasteiger partial charge in [0.1, 0.15) is 12.4 Å². The van der Waals surface area contributed by atoms with E-state index in [1.165, 1.54) is 17.9 Å². The van der Waals surface area contributed by atoms with Crippen molar-refractivity contribution in [2.75, 3.05) is 11.9 Å². The predicted molar refractivity (Wildman–Crippen MR) is 96.7 cm³/mol. The highest BCUT2D eigenvalue weighted by atomic mass is 19.1. The van der Waals surface area contributed by atoms with Crippen LogP contribution in [0.15, 0.2) is 42.5 Å². The molecule has 0 saturated heterocycles. The highest BCUT2D eigenvalue weighted by molar-refractivity contribution is 5.95. The monoisotopic (exact) mass is 342 g/mol. The minimum atomic E-state index is -0.388. The largest absolute Gasteiger partial charge is 0.329 e. The van der Waals surface area contributed by atoms with Gasteiger partial charge in [0.25, 0.3) is 0 Å². The zero-order chi connectivity index (χ0) is 18.4. The van der Waals surface area contributed by atoms with Gasteiger partial charge in [0.2, 0.25) is 11.8 Å². The normalized spacial score (nSPS) is 10.4. The van der Waals surface area contributed by atoms with Crippen LogP contribution in [0.5, 0.6) is 0 Å². The Morgan fingerprint density at radius 3 is 2.40 bits per heavy atom. The van der Waals surface area contributed by atoms with E-state index in [9.17, 15) is 14.0 Å². The van der Waals surface area contributed by atoms with Crippen molar-refractivity contribution in [1.29, 1.82) is 0 Å². The van der Waals surface area contributed by atoms with Crippen LogP contribution in [0, 0.1) is 12.7 Å². The molecule has 0 aliphatic heterocycles. The van der Waals surface area contributed by atoms with E-state index in [2.05, 4.69) is 5.32 Å². The SMILES string of the molecule is CCc1cccc(C)c1NC(=O)CN(Cc1ccccc1F)C(C)=O. The molecule has 2 amide bonds. The molecule has 0 atom stereocenters. The Labute approximate surface area is 147 Å². The molecule has 2 aromatic rings. The Kier molecular flexibility index (Phi) is 6.28. The van der Waals surface area contributed by atoms with Crippen molar-refractivity contribution in [3.8, 4) is 0 Å². The number of halogens is 1.